The van der Waals surface area contributed by atoms with Crippen molar-refractivity contribution < 1.29 is 19.6 Å². The summed E-state index contributed by atoms with van der Waals surface area (Å²) in [5.74, 6) is -0.669. The number of ether oxygens (including phenoxy) is 1. The fourth-order valence-electron chi connectivity index (χ4n) is 2.56. The van der Waals surface area contributed by atoms with Gasteiger partial charge in [-0.3, -0.25) is 14.9 Å². The van der Waals surface area contributed by atoms with Gasteiger partial charge < -0.3 is 14.7 Å². The number of hydrogen-bond donors (Lipinski definition) is 1. The first-order valence-corrected chi connectivity index (χ1v) is 6.77. The third kappa shape index (κ3) is 2.76. The van der Waals surface area contributed by atoms with Crippen LogP contribution in [0, 0.1) is 15.5 Å². The smallest absolute Gasteiger partial charge is 0.333 e. The number of benzene rings is 1. The number of aliphatic carboxylic acids is 1. The number of carboxylic acids is 1. The first kappa shape index (κ1) is 15.1. The van der Waals surface area contributed by atoms with Crippen molar-refractivity contribution in [2.24, 2.45) is 5.41 Å². The molecule has 1 aliphatic rings. The highest BCUT2D eigenvalue weighted by atomic mass is 16.6. The SMILES string of the molecule is CCOc1cccc(N2CCC(C)(C(=O)O)C2)c1[N+](=O)[O-]. The summed E-state index contributed by atoms with van der Waals surface area (Å²) in [4.78, 5) is 23.9. The van der Waals surface area contributed by atoms with Crippen LogP contribution in [0.4, 0.5) is 11.4 Å². The molecule has 0 bridgehead atoms. The summed E-state index contributed by atoms with van der Waals surface area (Å²) in [5, 5.41) is 20.6. The maximum atomic E-state index is 11.4. The fraction of sp³-hybridized carbons (Fsp3) is 0.500. The van der Waals surface area contributed by atoms with Crippen molar-refractivity contribution >= 4 is 17.3 Å². The molecule has 1 aliphatic heterocycles. The molecule has 1 aromatic carbocycles. The summed E-state index contributed by atoms with van der Waals surface area (Å²) in [5.41, 5.74) is -0.569. The van der Waals surface area contributed by atoms with Gasteiger partial charge in [-0.05, 0) is 32.4 Å². The molecule has 1 N–H and O–H groups in total. The molecule has 1 atom stereocenters. The highest BCUT2D eigenvalue weighted by Gasteiger charge is 2.42. The van der Waals surface area contributed by atoms with Crippen molar-refractivity contribution in [2.75, 3.05) is 24.6 Å². The van der Waals surface area contributed by atoms with Gasteiger partial charge in [0.05, 0.1) is 16.9 Å². The van der Waals surface area contributed by atoms with Crippen LogP contribution < -0.4 is 9.64 Å². The van der Waals surface area contributed by atoms with Crippen LogP contribution in [0.1, 0.15) is 20.3 Å². The Labute approximate surface area is 122 Å². The number of nitro groups is 1. The molecule has 0 saturated carbocycles. The molecule has 0 aromatic heterocycles. The molecular weight excluding hydrogens is 276 g/mol. The molecule has 2 rings (SSSR count). The van der Waals surface area contributed by atoms with Crippen molar-refractivity contribution in [1.29, 1.82) is 0 Å². The lowest BCUT2D eigenvalue weighted by Crippen LogP contribution is -2.31. The van der Waals surface area contributed by atoms with Crippen LogP contribution in [0.5, 0.6) is 5.75 Å². The Kier molecular flexibility index (Phi) is 4.02. The number of para-hydroxylation sites is 1. The second kappa shape index (κ2) is 5.59. The Morgan fingerprint density at radius 3 is 2.81 bits per heavy atom. The molecule has 1 aromatic rings. The molecule has 7 nitrogen and oxygen atoms in total. The highest BCUT2D eigenvalue weighted by molar-refractivity contribution is 5.78. The Bertz CT molecular complexity index is 574. The van der Waals surface area contributed by atoms with Crippen molar-refractivity contribution in [3.05, 3.63) is 28.3 Å². The van der Waals surface area contributed by atoms with E-state index >= 15 is 0 Å². The molecule has 1 saturated heterocycles. The zero-order valence-electron chi connectivity index (χ0n) is 12.0. The average Bonchev–Trinajstić information content (AvgIpc) is 2.82. The minimum Gasteiger partial charge on any atom is -0.487 e. The lowest BCUT2D eigenvalue weighted by molar-refractivity contribution is -0.385. The maximum absolute atomic E-state index is 11.4. The molecular formula is C14H18N2O5. The number of nitro benzene ring substituents is 1. The van der Waals surface area contributed by atoms with Crippen molar-refractivity contribution in [3.8, 4) is 5.75 Å². The van der Waals surface area contributed by atoms with E-state index in [2.05, 4.69) is 0 Å². The van der Waals surface area contributed by atoms with E-state index in [4.69, 9.17) is 4.74 Å². The van der Waals surface area contributed by atoms with E-state index in [0.29, 0.717) is 25.3 Å². The number of anilines is 1. The highest BCUT2D eigenvalue weighted by Crippen LogP contribution is 2.41. The van der Waals surface area contributed by atoms with Crippen LogP contribution in [0.15, 0.2) is 18.2 Å². The monoisotopic (exact) mass is 294 g/mol. The Morgan fingerprint density at radius 1 is 1.57 bits per heavy atom. The summed E-state index contributed by atoms with van der Waals surface area (Å²) < 4.78 is 5.31. The lowest BCUT2D eigenvalue weighted by Gasteiger charge is -2.22. The Balaban J connectivity index is 2.39. The predicted octanol–water partition coefficient (Wildman–Crippen LogP) is 2.29. The van der Waals surface area contributed by atoms with Crippen molar-refractivity contribution in [3.63, 3.8) is 0 Å². The standard InChI is InChI=1S/C14H18N2O5/c1-3-21-11-6-4-5-10(12(11)16(19)20)15-8-7-14(2,9-15)13(17)18/h4-6H,3,7-9H2,1-2H3,(H,17,18). The number of carbonyl (C=O) groups is 1. The van der Waals surface area contributed by atoms with Crippen LogP contribution in [0.2, 0.25) is 0 Å². The Morgan fingerprint density at radius 2 is 2.29 bits per heavy atom. The third-order valence-electron chi connectivity index (χ3n) is 3.79. The molecule has 1 fully saturated rings. The summed E-state index contributed by atoms with van der Waals surface area (Å²) in [6, 6.07) is 4.87. The van der Waals surface area contributed by atoms with E-state index in [-0.39, 0.29) is 18.0 Å². The molecule has 1 unspecified atom stereocenters. The molecule has 21 heavy (non-hydrogen) atoms. The van der Waals surface area contributed by atoms with Gasteiger partial charge in [0.25, 0.3) is 0 Å². The van der Waals surface area contributed by atoms with Crippen LogP contribution in [0.3, 0.4) is 0 Å². The number of nitrogens with zero attached hydrogens (tertiary/aromatic N) is 2. The average molecular weight is 294 g/mol. The zero-order valence-corrected chi connectivity index (χ0v) is 12.0. The van der Waals surface area contributed by atoms with Crippen LogP contribution in [-0.2, 0) is 4.79 Å². The van der Waals surface area contributed by atoms with E-state index in [1.807, 2.05) is 0 Å². The van der Waals surface area contributed by atoms with E-state index < -0.39 is 16.3 Å². The van der Waals surface area contributed by atoms with Gasteiger partial charge in [0.1, 0.15) is 5.69 Å². The Hall–Kier alpha value is -2.31. The van der Waals surface area contributed by atoms with Gasteiger partial charge in [-0.2, -0.15) is 0 Å². The largest absolute Gasteiger partial charge is 0.487 e. The first-order valence-electron chi connectivity index (χ1n) is 6.77. The van der Waals surface area contributed by atoms with Crippen molar-refractivity contribution in [1.82, 2.24) is 0 Å². The zero-order chi connectivity index (χ0) is 15.6. The van der Waals surface area contributed by atoms with Gasteiger partial charge in [-0.1, -0.05) is 6.07 Å². The minimum absolute atomic E-state index is 0.103. The van der Waals surface area contributed by atoms with Crippen LogP contribution in [0.25, 0.3) is 0 Å². The number of hydrogen-bond acceptors (Lipinski definition) is 5. The summed E-state index contributed by atoms with van der Waals surface area (Å²) in [6.07, 6.45) is 0.457. The normalized spacial score (nSPS) is 21.3. The molecule has 114 valence electrons. The minimum atomic E-state index is -0.881. The third-order valence-corrected chi connectivity index (χ3v) is 3.79. The van der Waals surface area contributed by atoms with E-state index in [1.54, 1.807) is 36.9 Å². The lowest BCUT2D eigenvalue weighted by atomic mass is 9.90. The fourth-order valence-corrected chi connectivity index (χ4v) is 2.56. The van der Waals surface area contributed by atoms with Crippen molar-refractivity contribution in [2.45, 2.75) is 20.3 Å². The molecule has 0 aliphatic carbocycles. The van der Waals surface area contributed by atoms with Gasteiger partial charge in [0.2, 0.25) is 0 Å². The second-order valence-electron chi connectivity index (χ2n) is 5.35. The van der Waals surface area contributed by atoms with Crippen LogP contribution >= 0.6 is 0 Å². The van der Waals surface area contributed by atoms with E-state index in [1.165, 1.54) is 0 Å². The van der Waals surface area contributed by atoms with Gasteiger partial charge >= 0.3 is 11.7 Å². The summed E-state index contributed by atoms with van der Waals surface area (Å²) in [7, 11) is 0. The quantitative estimate of drug-likeness (QED) is 0.661. The van der Waals surface area contributed by atoms with Gasteiger partial charge in [0.15, 0.2) is 5.75 Å². The second-order valence-corrected chi connectivity index (χ2v) is 5.35. The van der Waals surface area contributed by atoms with E-state index in [0.717, 1.165) is 0 Å². The van der Waals surface area contributed by atoms with E-state index in [9.17, 15) is 20.0 Å². The van der Waals surface area contributed by atoms with Gasteiger partial charge in [-0.15, -0.1) is 0 Å². The van der Waals surface area contributed by atoms with Gasteiger partial charge in [0, 0.05) is 13.1 Å². The molecule has 0 amide bonds. The summed E-state index contributed by atoms with van der Waals surface area (Å²) in [6.45, 7) is 4.47. The molecule has 1 heterocycles. The molecule has 7 heteroatoms. The number of carboxylic acid groups (broad SMARTS) is 1. The van der Waals surface area contributed by atoms with Gasteiger partial charge in [-0.25, -0.2) is 0 Å². The summed E-state index contributed by atoms with van der Waals surface area (Å²) >= 11 is 0. The predicted molar refractivity (Wildman–Crippen MR) is 76.8 cm³/mol. The van der Waals surface area contributed by atoms with Crippen LogP contribution in [-0.4, -0.2) is 35.7 Å². The molecule has 0 spiro atoms. The topological polar surface area (TPSA) is 92.9 Å². The maximum Gasteiger partial charge on any atom is 0.333 e. The number of rotatable bonds is 5. The molecule has 0 radical (unpaired) electrons. The first-order chi connectivity index (χ1) is 9.89.